The normalized spacial score (nSPS) is 11.3. The lowest BCUT2D eigenvalue weighted by Crippen LogP contribution is -2.47. The number of nitrogens with zero attached hydrogens (tertiary/aromatic N) is 2. The van der Waals surface area contributed by atoms with E-state index in [9.17, 15) is 9.90 Å². The Morgan fingerprint density at radius 1 is 1.50 bits per heavy atom. The highest BCUT2D eigenvalue weighted by Gasteiger charge is 2.27. The molecule has 0 aliphatic heterocycles. The molecular weight excluding hydrogens is 204 g/mol. The summed E-state index contributed by atoms with van der Waals surface area (Å²) in [6.45, 7) is 5.44. The molecule has 0 aromatic carbocycles. The molecule has 0 unspecified atom stereocenters. The first-order valence-electron chi connectivity index (χ1n) is 5.19. The number of pyridine rings is 1. The Hall–Kier alpha value is -1.42. The van der Waals surface area contributed by atoms with Crippen LogP contribution in [0.3, 0.4) is 0 Å². The Labute approximate surface area is 95.9 Å². The third kappa shape index (κ3) is 2.58. The van der Waals surface area contributed by atoms with E-state index in [2.05, 4.69) is 4.98 Å². The van der Waals surface area contributed by atoms with Gasteiger partial charge in [-0.3, -0.25) is 9.78 Å². The van der Waals surface area contributed by atoms with Gasteiger partial charge < -0.3 is 10.0 Å². The zero-order chi connectivity index (χ0) is 12.3. The molecule has 16 heavy (non-hydrogen) atoms. The number of carbonyl (C=O) groups excluding carboxylic acids is 1. The summed E-state index contributed by atoms with van der Waals surface area (Å²) in [6.07, 6.45) is 3.24. The molecule has 4 heteroatoms. The maximum atomic E-state index is 12.1. The SMILES string of the molecule is Cc1cncc(C(=O)N(C)C(C)(C)CO)c1. The minimum atomic E-state index is -0.569. The van der Waals surface area contributed by atoms with Gasteiger partial charge in [0.25, 0.3) is 5.91 Å². The van der Waals surface area contributed by atoms with Crippen molar-refractivity contribution in [3.05, 3.63) is 29.6 Å². The van der Waals surface area contributed by atoms with Crippen molar-refractivity contribution in [2.45, 2.75) is 26.3 Å². The molecule has 0 bridgehead atoms. The summed E-state index contributed by atoms with van der Waals surface area (Å²) in [4.78, 5) is 17.6. The van der Waals surface area contributed by atoms with Crippen LogP contribution in [0.5, 0.6) is 0 Å². The third-order valence-electron chi connectivity index (χ3n) is 2.72. The van der Waals surface area contributed by atoms with Gasteiger partial charge in [-0.2, -0.15) is 0 Å². The first kappa shape index (κ1) is 12.6. The second kappa shape index (κ2) is 4.61. The second-order valence-electron chi connectivity index (χ2n) is 4.59. The number of aliphatic hydroxyl groups is 1. The van der Waals surface area contributed by atoms with E-state index < -0.39 is 5.54 Å². The monoisotopic (exact) mass is 222 g/mol. The average molecular weight is 222 g/mol. The number of amides is 1. The molecule has 0 spiro atoms. The first-order chi connectivity index (χ1) is 7.38. The van der Waals surface area contributed by atoms with Gasteiger partial charge in [-0.1, -0.05) is 0 Å². The van der Waals surface area contributed by atoms with Gasteiger partial charge in [0.1, 0.15) is 0 Å². The highest BCUT2D eigenvalue weighted by atomic mass is 16.3. The van der Waals surface area contributed by atoms with Crippen molar-refractivity contribution in [2.75, 3.05) is 13.7 Å². The van der Waals surface area contributed by atoms with Crippen LogP contribution in [-0.2, 0) is 0 Å². The van der Waals surface area contributed by atoms with Crippen LogP contribution in [0.2, 0.25) is 0 Å². The summed E-state index contributed by atoms with van der Waals surface area (Å²) in [5.41, 5.74) is 0.922. The molecule has 1 aromatic rings. The molecule has 0 radical (unpaired) electrons. The summed E-state index contributed by atoms with van der Waals surface area (Å²) < 4.78 is 0. The van der Waals surface area contributed by atoms with E-state index in [1.54, 1.807) is 25.5 Å². The van der Waals surface area contributed by atoms with Crippen molar-refractivity contribution < 1.29 is 9.90 Å². The van der Waals surface area contributed by atoms with Crippen LogP contribution >= 0.6 is 0 Å². The maximum absolute atomic E-state index is 12.1. The van der Waals surface area contributed by atoms with E-state index in [4.69, 9.17) is 0 Å². The number of aromatic nitrogens is 1. The summed E-state index contributed by atoms with van der Waals surface area (Å²) >= 11 is 0. The van der Waals surface area contributed by atoms with Gasteiger partial charge in [-0.15, -0.1) is 0 Å². The maximum Gasteiger partial charge on any atom is 0.255 e. The Balaban J connectivity index is 2.95. The predicted molar refractivity (Wildman–Crippen MR) is 62.2 cm³/mol. The number of likely N-dealkylation sites (N-methyl/N-ethyl adjacent to an activating group) is 1. The van der Waals surface area contributed by atoms with Gasteiger partial charge >= 0.3 is 0 Å². The van der Waals surface area contributed by atoms with E-state index in [-0.39, 0.29) is 12.5 Å². The van der Waals surface area contributed by atoms with Gasteiger partial charge in [0.2, 0.25) is 0 Å². The minimum Gasteiger partial charge on any atom is -0.394 e. The zero-order valence-electron chi connectivity index (χ0n) is 10.2. The van der Waals surface area contributed by atoms with Crippen LogP contribution in [-0.4, -0.2) is 40.1 Å². The van der Waals surface area contributed by atoms with Gasteiger partial charge in [-0.05, 0) is 32.4 Å². The van der Waals surface area contributed by atoms with E-state index in [1.165, 1.54) is 4.90 Å². The smallest absolute Gasteiger partial charge is 0.255 e. The quantitative estimate of drug-likeness (QED) is 0.837. The van der Waals surface area contributed by atoms with Crippen molar-refractivity contribution >= 4 is 5.91 Å². The highest BCUT2D eigenvalue weighted by molar-refractivity contribution is 5.94. The standard InChI is InChI=1S/C12H18N2O2/c1-9-5-10(7-13-6-9)11(16)14(4)12(2,3)8-15/h5-7,15H,8H2,1-4H3. The van der Waals surface area contributed by atoms with Crippen molar-refractivity contribution in [3.63, 3.8) is 0 Å². The van der Waals surface area contributed by atoms with Crippen molar-refractivity contribution in [1.82, 2.24) is 9.88 Å². The molecule has 1 N–H and O–H groups in total. The lowest BCUT2D eigenvalue weighted by molar-refractivity contribution is 0.0472. The lowest BCUT2D eigenvalue weighted by atomic mass is 10.0. The summed E-state index contributed by atoms with van der Waals surface area (Å²) in [7, 11) is 1.68. The number of aliphatic hydroxyl groups excluding tert-OH is 1. The van der Waals surface area contributed by atoms with Gasteiger partial charge in [0.05, 0.1) is 17.7 Å². The molecule has 0 aliphatic rings. The number of hydrogen-bond acceptors (Lipinski definition) is 3. The molecule has 88 valence electrons. The fraction of sp³-hybridized carbons (Fsp3) is 0.500. The first-order valence-corrected chi connectivity index (χ1v) is 5.19. The van der Waals surface area contributed by atoms with Gasteiger partial charge in [0, 0.05) is 19.4 Å². The molecule has 0 saturated heterocycles. The molecule has 1 heterocycles. The Kier molecular flexibility index (Phi) is 3.65. The molecule has 1 rings (SSSR count). The molecule has 1 aromatic heterocycles. The molecule has 0 atom stereocenters. The van der Waals surface area contributed by atoms with Crippen LogP contribution in [0, 0.1) is 6.92 Å². The van der Waals surface area contributed by atoms with Gasteiger partial charge in [0.15, 0.2) is 0 Å². The van der Waals surface area contributed by atoms with Crippen LogP contribution in [0.25, 0.3) is 0 Å². The van der Waals surface area contributed by atoms with Crippen molar-refractivity contribution in [1.29, 1.82) is 0 Å². The minimum absolute atomic E-state index is 0.0749. The van der Waals surface area contributed by atoms with Crippen molar-refractivity contribution in [2.24, 2.45) is 0 Å². The van der Waals surface area contributed by atoms with Crippen LogP contribution < -0.4 is 0 Å². The fourth-order valence-corrected chi connectivity index (χ4v) is 1.25. The van der Waals surface area contributed by atoms with Crippen LogP contribution in [0.1, 0.15) is 29.8 Å². The van der Waals surface area contributed by atoms with Gasteiger partial charge in [-0.25, -0.2) is 0 Å². The molecule has 0 fully saturated rings. The van der Waals surface area contributed by atoms with E-state index in [0.29, 0.717) is 5.56 Å². The van der Waals surface area contributed by atoms with E-state index in [1.807, 2.05) is 20.8 Å². The molecule has 4 nitrogen and oxygen atoms in total. The molecule has 0 saturated carbocycles. The summed E-state index contributed by atoms with van der Waals surface area (Å²) in [5, 5.41) is 9.21. The zero-order valence-corrected chi connectivity index (χ0v) is 10.2. The Morgan fingerprint density at radius 3 is 2.62 bits per heavy atom. The second-order valence-corrected chi connectivity index (χ2v) is 4.59. The topological polar surface area (TPSA) is 53.4 Å². The number of hydrogen-bond donors (Lipinski definition) is 1. The fourth-order valence-electron chi connectivity index (χ4n) is 1.25. The summed E-state index contributed by atoms with van der Waals surface area (Å²) in [6, 6.07) is 1.79. The van der Waals surface area contributed by atoms with Crippen molar-refractivity contribution in [3.8, 4) is 0 Å². The predicted octanol–water partition coefficient (Wildman–Crippen LogP) is 1.23. The Bertz CT molecular complexity index is 388. The molecule has 0 aliphatic carbocycles. The lowest BCUT2D eigenvalue weighted by Gasteiger charge is -2.33. The number of rotatable bonds is 3. The van der Waals surface area contributed by atoms with E-state index in [0.717, 1.165) is 5.56 Å². The highest BCUT2D eigenvalue weighted by Crippen LogP contribution is 2.15. The Morgan fingerprint density at radius 2 is 2.12 bits per heavy atom. The molecule has 1 amide bonds. The third-order valence-corrected chi connectivity index (χ3v) is 2.72. The van der Waals surface area contributed by atoms with E-state index >= 15 is 0 Å². The number of carbonyl (C=O) groups is 1. The van der Waals surface area contributed by atoms with Crippen LogP contribution in [0.15, 0.2) is 18.5 Å². The number of aryl methyl sites for hydroxylation is 1. The largest absolute Gasteiger partial charge is 0.394 e. The van der Waals surface area contributed by atoms with Crippen LogP contribution in [0.4, 0.5) is 0 Å². The summed E-state index contributed by atoms with van der Waals surface area (Å²) in [5.74, 6) is -0.129. The molecular formula is C12H18N2O2. The average Bonchev–Trinajstić information content (AvgIpc) is 2.27.